The van der Waals surface area contributed by atoms with Crippen LogP contribution in [0, 0.1) is 5.82 Å². The van der Waals surface area contributed by atoms with Gasteiger partial charge in [0.15, 0.2) is 18.0 Å². The van der Waals surface area contributed by atoms with Gasteiger partial charge in [0.25, 0.3) is 5.91 Å². The Morgan fingerprint density at radius 2 is 1.85 bits per heavy atom. The predicted octanol–water partition coefficient (Wildman–Crippen LogP) is 2.35. The van der Waals surface area contributed by atoms with E-state index in [-0.39, 0.29) is 17.8 Å². The third-order valence-electron chi connectivity index (χ3n) is 5.17. The van der Waals surface area contributed by atoms with E-state index in [1.807, 2.05) is 6.07 Å². The number of fused-ring (bicyclic) bond motifs is 1. The molecule has 1 amide bonds. The van der Waals surface area contributed by atoms with E-state index in [0.29, 0.717) is 25.4 Å². The molecule has 4 rings (SSSR count). The van der Waals surface area contributed by atoms with Gasteiger partial charge < -0.3 is 19.7 Å². The number of anilines is 1. The highest BCUT2D eigenvalue weighted by molar-refractivity contribution is 5.91. The number of hydrogen-bond donors (Lipinski definition) is 2. The van der Waals surface area contributed by atoms with Gasteiger partial charge in [-0.2, -0.15) is 0 Å². The molecule has 5 nitrogen and oxygen atoms in total. The summed E-state index contributed by atoms with van der Waals surface area (Å²) in [5.74, 6) is 1.22. The number of quaternary nitrogens is 1. The summed E-state index contributed by atoms with van der Waals surface area (Å²) in [5.41, 5.74) is 1.80. The lowest BCUT2D eigenvalue weighted by Gasteiger charge is -2.22. The van der Waals surface area contributed by atoms with Gasteiger partial charge in [-0.25, -0.2) is 4.39 Å². The monoisotopic (exact) mass is 371 g/mol. The van der Waals surface area contributed by atoms with Crippen molar-refractivity contribution in [1.29, 1.82) is 0 Å². The van der Waals surface area contributed by atoms with Crippen LogP contribution in [0.15, 0.2) is 42.5 Å². The molecular formula is C21H24FN2O3+. The maximum absolute atomic E-state index is 13.0. The fourth-order valence-electron chi connectivity index (χ4n) is 3.87. The van der Waals surface area contributed by atoms with Crippen molar-refractivity contribution in [3.05, 3.63) is 53.8 Å². The molecule has 2 aliphatic rings. The zero-order chi connectivity index (χ0) is 18.6. The van der Waals surface area contributed by atoms with Crippen LogP contribution >= 0.6 is 0 Å². The van der Waals surface area contributed by atoms with E-state index in [1.165, 1.54) is 22.6 Å². The van der Waals surface area contributed by atoms with Crippen LogP contribution in [-0.4, -0.2) is 32.2 Å². The number of likely N-dealkylation sites (tertiary alicyclic amines) is 1. The largest absolute Gasteiger partial charge is 0.490 e. The van der Waals surface area contributed by atoms with Gasteiger partial charge in [0.05, 0.1) is 19.8 Å². The number of amides is 1. The zero-order valence-electron chi connectivity index (χ0n) is 15.2. The minimum absolute atomic E-state index is 0.0575. The summed E-state index contributed by atoms with van der Waals surface area (Å²) in [7, 11) is 0. The Labute approximate surface area is 158 Å². The van der Waals surface area contributed by atoms with Crippen molar-refractivity contribution in [2.75, 3.05) is 31.6 Å². The minimum Gasteiger partial charge on any atom is -0.490 e. The van der Waals surface area contributed by atoms with Gasteiger partial charge in [0, 0.05) is 30.5 Å². The first-order valence-electron chi connectivity index (χ1n) is 9.48. The number of carbonyl (C=O) groups excluding carboxylic acids is 1. The topological polar surface area (TPSA) is 52.0 Å². The highest BCUT2D eigenvalue weighted by atomic mass is 19.1. The Bertz CT molecular complexity index is 810. The fraction of sp³-hybridized carbons (Fsp3) is 0.381. The summed E-state index contributed by atoms with van der Waals surface area (Å²) in [6.45, 7) is 2.68. The van der Waals surface area contributed by atoms with Gasteiger partial charge in [-0.05, 0) is 42.5 Å². The Morgan fingerprint density at radius 3 is 2.67 bits per heavy atom. The van der Waals surface area contributed by atoms with Crippen LogP contribution in [0.5, 0.6) is 11.5 Å². The van der Waals surface area contributed by atoms with Crippen molar-refractivity contribution in [3.63, 3.8) is 0 Å². The summed E-state index contributed by atoms with van der Waals surface area (Å²) >= 11 is 0. The summed E-state index contributed by atoms with van der Waals surface area (Å²) in [5, 5.41) is 2.86. The summed E-state index contributed by atoms with van der Waals surface area (Å²) in [6.07, 6.45) is 3.01. The highest BCUT2D eigenvalue weighted by Gasteiger charge is 2.32. The molecule has 1 fully saturated rings. The van der Waals surface area contributed by atoms with E-state index >= 15 is 0 Å². The van der Waals surface area contributed by atoms with Crippen molar-refractivity contribution in [3.8, 4) is 11.5 Å². The lowest BCUT2D eigenvalue weighted by Crippen LogP contribution is -3.11. The standard InChI is InChI=1S/C21H23FN2O3/c22-16-5-7-17(8-6-16)23-21(25)14-24-10-1-3-18(24)15-4-9-19-20(13-15)27-12-2-11-26-19/h4-9,13,18H,1-3,10-12,14H2,(H,23,25)/p+1/t18-/m0/s1. The molecule has 1 saturated heterocycles. The molecule has 0 aliphatic carbocycles. The van der Waals surface area contributed by atoms with Gasteiger partial charge in [-0.1, -0.05) is 0 Å². The molecule has 0 spiro atoms. The molecule has 1 unspecified atom stereocenters. The second-order valence-electron chi connectivity index (χ2n) is 7.09. The zero-order valence-corrected chi connectivity index (χ0v) is 15.2. The SMILES string of the molecule is O=C(C[NH+]1CCC[C@H]1c1ccc2c(c1)OCCCO2)Nc1ccc(F)cc1. The average Bonchev–Trinajstić information content (AvgIpc) is 2.99. The van der Waals surface area contributed by atoms with Gasteiger partial charge in [0.1, 0.15) is 11.9 Å². The Balaban J connectivity index is 1.43. The lowest BCUT2D eigenvalue weighted by atomic mass is 10.0. The molecule has 6 heteroatoms. The molecule has 0 radical (unpaired) electrons. The third-order valence-corrected chi connectivity index (χ3v) is 5.17. The van der Waals surface area contributed by atoms with Gasteiger partial charge in [0.2, 0.25) is 0 Å². The van der Waals surface area contributed by atoms with Crippen molar-refractivity contribution >= 4 is 11.6 Å². The maximum Gasteiger partial charge on any atom is 0.279 e. The Kier molecular flexibility index (Phi) is 5.25. The van der Waals surface area contributed by atoms with Crippen molar-refractivity contribution in [1.82, 2.24) is 0 Å². The first-order valence-corrected chi connectivity index (χ1v) is 9.48. The molecule has 0 saturated carbocycles. The van der Waals surface area contributed by atoms with E-state index < -0.39 is 0 Å². The van der Waals surface area contributed by atoms with Crippen molar-refractivity contribution < 1.29 is 23.6 Å². The predicted molar refractivity (Wildman–Crippen MR) is 99.8 cm³/mol. The summed E-state index contributed by atoms with van der Waals surface area (Å²) < 4.78 is 24.5. The van der Waals surface area contributed by atoms with Crippen molar-refractivity contribution in [2.24, 2.45) is 0 Å². The van der Waals surface area contributed by atoms with E-state index in [0.717, 1.165) is 37.3 Å². The number of benzene rings is 2. The number of ether oxygens (including phenoxy) is 2. The van der Waals surface area contributed by atoms with E-state index in [4.69, 9.17) is 9.47 Å². The Morgan fingerprint density at radius 1 is 1.07 bits per heavy atom. The number of rotatable bonds is 4. The molecule has 0 bridgehead atoms. The molecule has 2 aromatic rings. The van der Waals surface area contributed by atoms with Crippen LogP contribution in [0.4, 0.5) is 10.1 Å². The molecule has 2 N–H and O–H groups in total. The van der Waals surface area contributed by atoms with Crippen LogP contribution in [-0.2, 0) is 4.79 Å². The van der Waals surface area contributed by atoms with E-state index in [9.17, 15) is 9.18 Å². The van der Waals surface area contributed by atoms with Crippen LogP contribution in [0.25, 0.3) is 0 Å². The molecular weight excluding hydrogens is 347 g/mol. The number of carbonyl (C=O) groups is 1. The quantitative estimate of drug-likeness (QED) is 0.868. The molecule has 2 heterocycles. The Hall–Kier alpha value is -2.60. The number of halogens is 1. The highest BCUT2D eigenvalue weighted by Crippen LogP contribution is 2.33. The van der Waals surface area contributed by atoms with Crippen LogP contribution in [0.1, 0.15) is 30.9 Å². The molecule has 27 heavy (non-hydrogen) atoms. The van der Waals surface area contributed by atoms with Gasteiger partial charge >= 0.3 is 0 Å². The van der Waals surface area contributed by atoms with Gasteiger partial charge in [-0.15, -0.1) is 0 Å². The molecule has 2 aromatic carbocycles. The minimum atomic E-state index is -0.312. The first-order chi connectivity index (χ1) is 13.2. The second kappa shape index (κ2) is 7.96. The maximum atomic E-state index is 13.0. The van der Waals surface area contributed by atoms with Gasteiger partial charge in [-0.3, -0.25) is 4.79 Å². The third kappa shape index (κ3) is 4.22. The number of nitrogens with one attached hydrogen (secondary N) is 2. The van der Waals surface area contributed by atoms with Crippen LogP contribution < -0.4 is 19.7 Å². The second-order valence-corrected chi connectivity index (χ2v) is 7.09. The fourth-order valence-corrected chi connectivity index (χ4v) is 3.87. The molecule has 2 atom stereocenters. The summed E-state index contributed by atoms with van der Waals surface area (Å²) in [4.78, 5) is 13.7. The normalized spacial score (nSPS) is 21.5. The molecule has 142 valence electrons. The smallest absolute Gasteiger partial charge is 0.279 e. The van der Waals surface area contributed by atoms with Crippen molar-refractivity contribution in [2.45, 2.75) is 25.3 Å². The number of hydrogen-bond acceptors (Lipinski definition) is 3. The first kappa shape index (κ1) is 17.8. The average molecular weight is 371 g/mol. The lowest BCUT2D eigenvalue weighted by molar-refractivity contribution is -0.910. The van der Waals surface area contributed by atoms with Crippen LogP contribution in [0.3, 0.4) is 0 Å². The molecule has 2 aliphatic heterocycles. The summed E-state index contributed by atoms with van der Waals surface area (Å²) in [6, 6.07) is 12.2. The molecule has 0 aromatic heterocycles. The van der Waals surface area contributed by atoms with E-state index in [1.54, 1.807) is 12.1 Å². The van der Waals surface area contributed by atoms with Crippen LogP contribution in [0.2, 0.25) is 0 Å². The van der Waals surface area contributed by atoms with E-state index in [2.05, 4.69) is 17.4 Å².